The van der Waals surface area contributed by atoms with Crippen LogP contribution < -0.4 is 5.32 Å². The van der Waals surface area contributed by atoms with Crippen molar-refractivity contribution in [3.05, 3.63) is 0 Å². The molecule has 2 bridgehead atoms. The van der Waals surface area contributed by atoms with Gasteiger partial charge in [-0.25, -0.2) is 12.7 Å². The molecule has 0 saturated carbocycles. The molecule has 2 unspecified atom stereocenters. The Morgan fingerprint density at radius 3 is 2.70 bits per heavy atom. The van der Waals surface area contributed by atoms with Gasteiger partial charge < -0.3 is 10.2 Å². The van der Waals surface area contributed by atoms with Crippen molar-refractivity contribution < 1.29 is 13.2 Å². The second kappa shape index (κ2) is 5.61. The maximum Gasteiger partial charge on any atom is 0.223 e. The third-order valence-corrected chi connectivity index (χ3v) is 6.61. The van der Waals surface area contributed by atoms with E-state index in [-0.39, 0.29) is 11.7 Å². The summed E-state index contributed by atoms with van der Waals surface area (Å²) in [5.41, 5.74) is 0. The first-order valence-electron chi connectivity index (χ1n) is 7.56. The average Bonchev–Trinajstić information content (AvgIpc) is 2.88. The molecule has 1 N–H and O–H groups in total. The summed E-state index contributed by atoms with van der Waals surface area (Å²) >= 11 is 0. The van der Waals surface area contributed by atoms with Crippen LogP contribution in [-0.4, -0.2) is 67.5 Å². The van der Waals surface area contributed by atoms with E-state index in [9.17, 15) is 13.2 Å². The van der Waals surface area contributed by atoms with Crippen molar-refractivity contribution in [2.45, 2.75) is 44.2 Å². The van der Waals surface area contributed by atoms with E-state index in [4.69, 9.17) is 0 Å². The molecule has 3 heterocycles. The van der Waals surface area contributed by atoms with Crippen molar-refractivity contribution in [2.24, 2.45) is 0 Å². The molecule has 0 aromatic carbocycles. The third kappa shape index (κ3) is 2.99. The molecule has 20 heavy (non-hydrogen) atoms. The van der Waals surface area contributed by atoms with E-state index in [1.54, 1.807) is 0 Å². The lowest BCUT2D eigenvalue weighted by Crippen LogP contribution is -2.40. The van der Waals surface area contributed by atoms with Gasteiger partial charge in [0.2, 0.25) is 15.9 Å². The van der Waals surface area contributed by atoms with Crippen molar-refractivity contribution in [2.75, 3.05) is 31.9 Å². The van der Waals surface area contributed by atoms with Gasteiger partial charge in [-0.05, 0) is 25.7 Å². The Balaban J connectivity index is 1.52. The van der Waals surface area contributed by atoms with Crippen LogP contribution in [0.5, 0.6) is 0 Å². The van der Waals surface area contributed by atoms with E-state index < -0.39 is 10.0 Å². The van der Waals surface area contributed by atoms with Crippen LogP contribution in [0.4, 0.5) is 0 Å². The smallest absolute Gasteiger partial charge is 0.223 e. The summed E-state index contributed by atoms with van der Waals surface area (Å²) in [7, 11) is -3.08. The maximum atomic E-state index is 12.3. The molecular weight excluding hydrogens is 278 g/mol. The van der Waals surface area contributed by atoms with Gasteiger partial charge in [-0.3, -0.25) is 4.79 Å². The molecule has 114 valence electrons. The highest BCUT2D eigenvalue weighted by Crippen LogP contribution is 2.21. The number of fused-ring (bicyclic) bond motifs is 2. The number of sulfonamides is 1. The van der Waals surface area contributed by atoms with Gasteiger partial charge in [-0.15, -0.1) is 0 Å². The zero-order valence-electron chi connectivity index (χ0n) is 11.8. The van der Waals surface area contributed by atoms with E-state index in [2.05, 4.69) is 5.32 Å². The summed E-state index contributed by atoms with van der Waals surface area (Å²) in [6.45, 7) is 2.50. The Kier molecular flexibility index (Phi) is 4.01. The van der Waals surface area contributed by atoms with Crippen LogP contribution in [0.1, 0.15) is 32.1 Å². The largest absolute Gasteiger partial charge is 0.341 e. The zero-order chi connectivity index (χ0) is 14.2. The first kappa shape index (κ1) is 14.3. The first-order valence-corrected chi connectivity index (χ1v) is 9.17. The highest BCUT2D eigenvalue weighted by Gasteiger charge is 2.32. The Labute approximate surface area is 120 Å². The van der Waals surface area contributed by atoms with Gasteiger partial charge in [0, 0.05) is 44.7 Å². The van der Waals surface area contributed by atoms with Gasteiger partial charge in [0.15, 0.2) is 0 Å². The molecular formula is C13H23N3O3S. The van der Waals surface area contributed by atoms with Gasteiger partial charge in [-0.1, -0.05) is 0 Å². The third-order valence-electron chi connectivity index (χ3n) is 4.65. The summed E-state index contributed by atoms with van der Waals surface area (Å²) < 4.78 is 24.9. The van der Waals surface area contributed by atoms with Crippen LogP contribution in [-0.2, 0) is 14.8 Å². The lowest BCUT2D eigenvalue weighted by Gasteiger charge is -2.25. The van der Waals surface area contributed by atoms with Gasteiger partial charge in [-0.2, -0.15) is 0 Å². The van der Waals surface area contributed by atoms with Gasteiger partial charge >= 0.3 is 0 Å². The normalized spacial score (nSPS) is 33.3. The molecule has 3 aliphatic rings. The lowest BCUT2D eigenvalue weighted by molar-refractivity contribution is -0.131. The number of nitrogens with one attached hydrogen (secondary N) is 1. The molecule has 0 aromatic rings. The maximum absolute atomic E-state index is 12.3. The van der Waals surface area contributed by atoms with E-state index >= 15 is 0 Å². The van der Waals surface area contributed by atoms with Crippen LogP contribution in [0.25, 0.3) is 0 Å². The number of carbonyl (C=O) groups excluding carboxylic acids is 1. The summed E-state index contributed by atoms with van der Waals surface area (Å²) in [5.74, 6) is 0.333. The minimum Gasteiger partial charge on any atom is -0.341 e. The summed E-state index contributed by atoms with van der Waals surface area (Å²) in [6.07, 6.45) is 4.39. The lowest BCUT2D eigenvalue weighted by atomic mass is 10.1. The fourth-order valence-electron chi connectivity index (χ4n) is 3.49. The molecule has 3 fully saturated rings. The summed E-state index contributed by atoms with van der Waals surface area (Å²) in [6, 6.07) is 0.999. The molecule has 0 spiro atoms. The molecule has 0 radical (unpaired) electrons. The first-order chi connectivity index (χ1) is 9.54. The molecule has 3 aliphatic heterocycles. The van der Waals surface area contributed by atoms with Crippen molar-refractivity contribution in [3.63, 3.8) is 0 Å². The highest BCUT2D eigenvalue weighted by molar-refractivity contribution is 7.89. The minimum absolute atomic E-state index is 0.0986. The number of likely N-dealkylation sites (tertiary alicyclic amines) is 1. The van der Waals surface area contributed by atoms with Crippen LogP contribution >= 0.6 is 0 Å². The highest BCUT2D eigenvalue weighted by atomic mass is 32.2. The van der Waals surface area contributed by atoms with Crippen LogP contribution in [0, 0.1) is 0 Å². The van der Waals surface area contributed by atoms with E-state index in [1.807, 2.05) is 4.90 Å². The molecule has 3 rings (SSSR count). The van der Waals surface area contributed by atoms with E-state index in [0.717, 1.165) is 25.9 Å². The predicted molar refractivity (Wildman–Crippen MR) is 75.7 cm³/mol. The van der Waals surface area contributed by atoms with Crippen LogP contribution in [0.3, 0.4) is 0 Å². The number of hydrogen-bond donors (Lipinski definition) is 1. The van der Waals surface area contributed by atoms with Crippen molar-refractivity contribution in [1.29, 1.82) is 0 Å². The minimum atomic E-state index is -3.08. The monoisotopic (exact) mass is 301 g/mol. The number of nitrogens with zero attached hydrogens (tertiary/aromatic N) is 2. The molecule has 2 atom stereocenters. The fourth-order valence-corrected chi connectivity index (χ4v) is 5.02. The molecule has 0 aromatic heterocycles. The number of amides is 1. The molecule has 3 saturated heterocycles. The van der Waals surface area contributed by atoms with Gasteiger partial charge in [0.25, 0.3) is 0 Å². The average molecular weight is 301 g/mol. The SMILES string of the molecule is O=C(CCN1CCCS1(=O)=O)N1CCC2CCC(C1)N2. The van der Waals surface area contributed by atoms with E-state index in [0.29, 0.717) is 38.0 Å². The van der Waals surface area contributed by atoms with Gasteiger partial charge in [0.1, 0.15) is 0 Å². The quantitative estimate of drug-likeness (QED) is 0.781. The number of hydrogen-bond acceptors (Lipinski definition) is 4. The van der Waals surface area contributed by atoms with Crippen LogP contribution in [0.2, 0.25) is 0 Å². The van der Waals surface area contributed by atoms with Gasteiger partial charge in [0.05, 0.1) is 5.75 Å². The summed E-state index contributed by atoms with van der Waals surface area (Å²) in [4.78, 5) is 14.2. The van der Waals surface area contributed by atoms with Crippen molar-refractivity contribution in [1.82, 2.24) is 14.5 Å². The van der Waals surface area contributed by atoms with E-state index in [1.165, 1.54) is 10.7 Å². The second-order valence-electron chi connectivity index (χ2n) is 6.08. The number of carbonyl (C=O) groups is 1. The zero-order valence-corrected chi connectivity index (χ0v) is 12.6. The molecule has 1 amide bonds. The Bertz CT molecular complexity index is 479. The topological polar surface area (TPSA) is 69.7 Å². The predicted octanol–water partition coefficient (Wildman–Crippen LogP) is -0.235. The fraction of sp³-hybridized carbons (Fsp3) is 0.923. The van der Waals surface area contributed by atoms with Crippen molar-refractivity contribution >= 4 is 15.9 Å². The molecule has 6 nitrogen and oxygen atoms in total. The molecule has 7 heteroatoms. The van der Waals surface area contributed by atoms with Crippen LogP contribution in [0.15, 0.2) is 0 Å². The Morgan fingerprint density at radius 1 is 1.15 bits per heavy atom. The molecule has 0 aliphatic carbocycles. The summed E-state index contributed by atoms with van der Waals surface area (Å²) in [5, 5.41) is 3.55. The second-order valence-corrected chi connectivity index (χ2v) is 8.17. The standard InChI is InChI=1S/C13H23N3O3S/c17-13(5-8-16-6-1-9-20(16,18)19)15-7-4-11-2-3-12(10-15)14-11/h11-12,14H,1-10H2. The Morgan fingerprint density at radius 2 is 1.95 bits per heavy atom. The number of rotatable bonds is 3. The Hall–Kier alpha value is -0.660. The van der Waals surface area contributed by atoms with Crippen molar-refractivity contribution in [3.8, 4) is 0 Å².